The van der Waals surface area contributed by atoms with E-state index in [9.17, 15) is 22.4 Å². The number of aromatic nitrogens is 3. The van der Waals surface area contributed by atoms with Gasteiger partial charge in [-0.15, -0.1) is 0 Å². The minimum atomic E-state index is -4.71. The van der Waals surface area contributed by atoms with Crippen molar-refractivity contribution in [3.63, 3.8) is 0 Å². The molecule has 160 valence electrons. The number of hydrogen-bond donors (Lipinski definition) is 1. The van der Waals surface area contributed by atoms with Crippen LogP contribution in [0.15, 0.2) is 53.2 Å². The Hall–Kier alpha value is -3.69. The summed E-state index contributed by atoms with van der Waals surface area (Å²) in [6.07, 6.45) is -2.84. The third-order valence-electron chi connectivity index (χ3n) is 4.76. The minimum absolute atomic E-state index is 0.0287. The molecule has 4 aromatic rings. The summed E-state index contributed by atoms with van der Waals surface area (Å²) in [5, 5.41) is 6.89. The largest absolute Gasteiger partial charge is 0.471 e. The van der Waals surface area contributed by atoms with Gasteiger partial charge in [0, 0.05) is 35.8 Å². The van der Waals surface area contributed by atoms with Gasteiger partial charge in [0.1, 0.15) is 5.82 Å². The van der Waals surface area contributed by atoms with Crippen molar-refractivity contribution in [2.75, 3.05) is 6.54 Å². The molecule has 1 N–H and O–H groups in total. The summed E-state index contributed by atoms with van der Waals surface area (Å²) in [4.78, 5) is 15.5. The number of carbonyl (C=O) groups excluding carboxylic acids is 1. The zero-order chi connectivity index (χ0) is 22.2. The van der Waals surface area contributed by atoms with E-state index in [0.717, 1.165) is 16.5 Å². The molecule has 1 amide bonds. The predicted octanol–water partition coefficient (Wildman–Crippen LogP) is 4.59. The molecule has 0 radical (unpaired) electrons. The molecule has 0 aliphatic carbocycles. The molecule has 0 aliphatic rings. The van der Waals surface area contributed by atoms with Crippen LogP contribution < -0.4 is 5.32 Å². The van der Waals surface area contributed by atoms with E-state index in [1.54, 1.807) is 24.3 Å². The summed E-state index contributed by atoms with van der Waals surface area (Å²) in [6.45, 7) is 2.54. The quantitative estimate of drug-likeness (QED) is 0.469. The number of amides is 1. The van der Waals surface area contributed by atoms with Gasteiger partial charge in [-0.3, -0.25) is 4.79 Å². The molecule has 0 aliphatic heterocycles. The fraction of sp³-hybridized carbons (Fsp3) is 0.190. The van der Waals surface area contributed by atoms with Crippen LogP contribution >= 0.6 is 0 Å². The summed E-state index contributed by atoms with van der Waals surface area (Å²) >= 11 is 0. The summed E-state index contributed by atoms with van der Waals surface area (Å²) in [6, 6.07) is 10.7. The van der Waals surface area contributed by atoms with E-state index < -0.39 is 23.8 Å². The maximum absolute atomic E-state index is 13.7. The molecule has 2 aromatic heterocycles. The SMILES string of the molecule is Cc1cn(CCNC(=O)c2ccccc2F)c2ccc(-c3noc(C(F)(F)F)n3)cc12. The molecule has 0 bridgehead atoms. The van der Waals surface area contributed by atoms with Crippen LogP contribution in [0.4, 0.5) is 17.6 Å². The average Bonchev–Trinajstić information content (AvgIpc) is 3.34. The van der Waals surface area contributed by atoms with Crippen LogP contribution in [-0.4, -0.2) is 27.2 Å². The van der Waals surface area contributed by atoms with Crippen LogP contribution in [0.5, 0.6) is 0 Å². The highest BCUT2D eigenvalue weighted by Crippen LogP contribution is 2.31. The molecular formula is C21H16F4N4O2. The first-order valence-corrected chi connectivity index (χ1v) is 9.27. The zero-order valence-corrected chi connectivity index (χ0v) is 16.2. The van der Waals surface area contributed by atoms with Crippen molar-refractivity contribution in [1.82, 2.24) is 20.0 Å². The molecule has 31 heavy (non-hydrogen) atoms. The number of hydrogen-bond acceptors (Lipinski definition) is 4. The van der Waals surface area contributed by atoms with Crippen molar-refractivity contribution in [2.45, 2.75) is 19.6 Å². The van der Waals surface area contributed by atoms with E-state index in [1.807, 2.05) is 17.7 Å². The van der Waals surface area contributed by atoms with Crippen molar-refractivity contribution < 1.29 is 26.9 Å². The van der Waals surface area contributed by atoms with Gasteiger partial charge in [0.05, 0.1) is 5.56 Å². The monoisotopic (exact) mass is 432 g/mol. The third-order valence-corrected chi connectivity index (χ3v) is 4.76. The lowest BCUT2D eigenvalue weighted by molar-refractivity contribution is -0.159. The van der Waals surface area contributed by atoms with Gasteiger partial charge in [0.25, 0.3) is 5.91 Å². The van der Waals surface area contributed by atoms with Crippen molar-refractivity contribution in [3.05, 3.63) is 71.5 Å². The van der Waals surface area contributed by atoms with E-state index in [2.05, 4.69) is 20.0 Å². The summed E-state index contributed by atoms with van der Waals surface area (Å²) < 4.78 is 58.0. The topological polar surface area (TPSA) is 73.0 Å². The van der Waals surface area contributed by atoms with Crippen LogP contribution in [0.1, 0.15) is 21.8 Å². The standard InChI is InChI=1S/C21H16F4N4O2/c1-12-11-29(9-8-26-19(30)14-4-2-3-5-16(14)22)17-7-6-13(10-15(12)17)18-27-20(31-28-18)21(23,24)25/h2-7,10-11H,8-9H2,1H3,(H,26,30). The second kappa shape index (κ2) is 7.86. The average molecular weight is 432 g/mol. The number of halogens is 4. The van der Waals surface area contributed by atoms with Gasteiger partial charge in [-0.1, -0.05) is 17.3 Å². The molecule has 2 heterocycles. The van der Waals surface area contributed by atoms with E-state index in [0.29, 0.717) is 12.1 Å². The van der Waals surface area contributed by atoms with E-state index in [-0.39, 0.29) is 17.9 Å². The first-order valence-electron chi connectivity index (χ1n) is 9.27. The number of benzene rings is 2. The lowest BCUT2D eigenvalue weighted by Gasteiger charge is -2.08. The van der Waals surface area contributed by atoms with Crippen molar-refractivity contribution >= 4 is 16.8 Å². The second-order valence-electron chi connectivity index (χ2n) is 6.89. The first kappa shape index (κ1) is 20.6. The molecule has 0 unspecified atom stereocenters. The molecule has 0 saturated carbocycles. The number of alkyl halides is 3. The number of rotatable bonds is 5. The van der Waals surface area contributed by atoms with Gasteiger partial charge < -0.3 is 14.4 Å². The fourth-order valence-electron chi connectivity index (χ4n) is 3.29. The summed E-state index contributed by atoms with van der Waals surface area (Å²) in [5.41, 5.74) is 2.07. The van der Waals surface area contributed by atoms with E-state index in [1.165, 1.54) is 18.2 Å². The predicted molar refractivity (Wildman–Crippen MR) is 104 cm³/mol. The number of fused-ring (bicyclic) bond motifs is 1. The molecular weight excluding hydrogens is 416 g/mol. The second-order valence-corrected chi connectivity index (χ2v) is 6.89. The maximum Gasteiger partial charge on any atom is 0.471 e. The molecule has 0 spiro atoms. The van der Waals surface area contributed by atoms with Crippen LogP contribution in [0.2, 0.25) is 0 Å². The van der Waals surface area contributed by atoms with Gasteiger partial charge in [0.2, 0.25) is 5.82 Å². The smallest absolute Gasteiger partial charge is 0.350 e. The Kier molecular flexibility index (Phi) is 5.22. The highest BCUT2D eigenvalue weighted by molar-refractivity contribution is 5.94. The van der Waals surface area contributed by atoms with Crippen molar-refractivity contribution in [2.24, 2.45) is 0 Å². The van der Waals surface area contributed by atoms with Gasteiger partial charge in [0.15, 0.2) is 0 Å². The third kappa shape index (κ3) is 4.14. The minimum Gasteiger partial charge on any atom is -0.350 e. The molecule has 10 heteroatoms. The Labute approximate surface area is 173 Å². The van der Waals surface area contributed by atoms with E-state index >= 15 is 0 Å². The van der Waals surface area contributed by atoms with E-state index in [4.69, 9.17) is 0 Å². The molecule has 0 atom stereocenters. The number of nitrogens with one attached hydrogen (secondary N) is 1. The highest BCUT2D eigenvalue weighted by atomic mass is 19.4. The summed E-state index contributed by atoms with van der Waals surface area (Å²) in [7, 11) is 0. The Morgan fingerprint density at radius 1 is 1.19 bits per heavy atom. The van der Waals surface area contributed by atoms with Gasteiger partial charge in [-0.2, -0.15) is 18.2 Å². The first-order chi connectivity index (χ1) is 14.7. The van der Waals surface area contributed by atoms with Crippen LogP contribution in [-0.2, 0) is 12.7 Å². The molecule has 0 fully saturated rings. The molecule has 6 nitrogen and oxygen atoms in total. The molecule has 2 aromatic carbocycles. The van der Waals surface area contributed by atoms with Crippen LogP contribution in [0.3, 0.4) is 0 Å². The lowest BCUT2D eigenvalue weighted by Crippen LogP contribution is -2.27. The maximum atomic E-state index is 13.7. The van der Waals surface area contributed by atoms with Gasteiger partial charge in [-0.25, -0.2) is 4.39 Å². The summed E-state index contributed by atoms with van der Waals surface area (Å²) in [5.74, 6) is -2.66. The number of aryl methyl sites for hydroxylation is 1. The fourth-order valence-corrected chi connectivity index (χ4v) is 3.29. The van der Waals surface area contributed by atoms with Crippen molar-refractivity contribution in [3.8, 4) is 11.4 Å². The Morgan fingerprint density at radius 3 is 2.68 bits per heavy atom. The zero-order valence-electron chi connectivity index (χ0n) is 16.2. The normalized spacial score (nSPS) is 11.8. The van der Waals surface area contributed by atoms with Crippen LogP contribution in [0.25, 0.3) is 22.3 Å². The molecule has 0 saturated heterocycles. The Balaban J connectivity index is 1.51. The number of carbonyl (C=O) groups is 1. The molecule has 4 rings (SSSR count). The van der Waals surface area contributed by atoms with Gasteiger partial charge >= 0.3 is 12.1 Å². The van der Waals surface area contributed by atoms with Crippen LogP contribution in [0, 0.1) is 12.7 Å². The Morgan fingerprint density at radius 2 is 1.97 bits per heavy atom. The van der Waals surface area contributed by atoms with Gasteiger partial charge in [-0.05, 0) is 42.8 Å². The lowest BCUT2D eigenvalue weighted by atomic mass is 10.1. The highest BCUT2D eigenvalue weighted by Gasteiger charge is 2.38. The van der Waals surface area contributed by atoms with Crippen molar-refractivity contribution in [1.29, 1.82) is 0 Å². The Bertz CT molecular complexity index is 1260. The number of nitrogens with zero attached hydrogens (tertiary/aromatic N) is 3.